The molecule has 0 radical (unpaired) electrons. The summed E-state index contributed by atoms with van der Waals surface area (Å²) in [6.45, 7) is 3.30. The quantitative estimate of drug-likeness (QED) is 0.892. The molecule has 1 N–H and O–H groups in total. The zero-order chi connectivity index (χ0) is 13.8. The summed E-state index contributed by atoms with van der Waals surface area (Å²) in [6, 6.07) is 19.4. The summed E-state index contributed by atoms with van der Waals surface area (Å²) >= 11 is 0. The van der Waals surface area contributed by atoms with Gasteiger partial charge in [0.25, 0.3) is 0 Å². The lowest BCUT2D eigenvalue weighted by atomic mass is 10.0. The van der Waals surface area contributed by atoms with E-state index in [1.54, 1.807) is 0 Å². The predicted molar refractivity (Wildman–Crippen MR) is 85.3 cm³/mol. The van der Waals surface area contributed by atoms with Crippen LogP contribution in [0.15, 0.2) is 54.6 Å². The molecule has 1 atom stereocenters. The minimum atomic E-state index is 0.618. The molecule has 0 saturated heterocycles. The highest BCUT2D eigenvalue weighted by Gasteiger charge is 2.22. The van der Waals surface area contributed by atoms with Gasteiger partial charge in [0, 0.05) is 31.2 Å². The number of nitrogens with one attached hydrogen (secondary N) is 1. The first-order chi connectivity index (χ1) is 9.83. The molecule has 2 heteroatoms. The fraction of sp³-hybridized carbons (Fsp3) is 0.333. The van der Waals surface area contributed by atoms with Crippen LogP contribution in [0, 0.1) is 0 Å². The minimum Gasteiger partial charge on any atom is -0.384 e. The van der Waals surface area contributed by atoms with Crippen LogP contribution in [0.1, 0.15) is 17.0 Å². The number of likely N-dealkylation sites (N-methyl/N-ethyl adjacent to an activating group) is 1. The first-order valence-corrected chi connectivity index (χ1v) is 7.38. The van der Waals surface area contributed by atoms with Crippen LogP contribution in [0.2, 0.25) is 0 Å². The van der Waals surface area contributed by atoms with Crippen LogP contribution in [-0.2, 0) is 6.42 Å². The van der Waals surface area contributed by atoms with Gasteiger partial charge in [0.15, 0.2) is 0 Å². The number of benzene rings is 2. The van der Waals surface area contributed by atoms with Crippen LogP contribution in [0.25, 0.3) is 0 Å². The molecule has 2 aromatic rings. The first-order valence-electron chi connectivity index (χ1n) is 7.38. The third-order valence-corrected chi connectivity index (χ3v) is 4.10. The zero-order valence-corrected chi connectivity index (χ0v) is 12.0. The summed E-state index contributed by atoms with van der Waals surface area (Å²) in [6.07, 6.45) is 1.12. The number of nitrogens with zero attached hydrogens (tertiary/aromatic N) is 1. The molecular formula is C18H22N2. The maximum Gasteiger partial charge on any atom is 0.0376 e. The number of rotatable bonds is 5. The summed E-state index contributed by atoms with van der Waals surface area (Å²) in [7, 11) is 2.23. The van der Waals surface area contributed by atoms with Crippen molar-refractivity contribution in [3.05, 3.63) is 65.7 Å². The van der Waals surface area contributed by atoms with Crippen molar-refractivity contribution in [2.75, 3.05) is 32.0 Å². The first kappa shape index (κ1) is 13.2. The maximum absolute atomic E-state index is 3.50. The van der Waals surface area contributed by atoms with E-state index in [0.717, 1.165) is 26.1 Å². The van der Waals surface area contributed by atoms with Crippen LogP contribution in [0.4, 0.5) is 5.69 Å². The second kappa shape index (κ2) is 6.10. The molecule has 20 heavy (non-hydrogen) atoms. The van der Waals surface area contributed by atoms with E-state index in [-0.39, 0.29) is 0 Å². The SMILES string of the molecule is CN(CCc1ccccc1)CC1CNc2ccccc21. The van der Waals surface area contributed by atoms with Gasteiger partial charge in [-0.2, -0.15) is 0 Å². The lowest BCUT2D eigenvalue weighted by Crippen LogP contribution is -2.27. The molecule has 104 valence electrons. The van der Waals surface area contributed by atoms with Crippen LogP contribution >= 0.6 is 0 Å². The number of para-hydroxylation sites is 1. The third kappa shape index (κ3) is 3.02. The Morgan fingerprint density at radius 1 is 1.05 bits per heavy atom. The highest BCUT2D eigenvalue weighted by molar-refractivity contribution is 5.57. The van der Waals surface area contributed by atoms with Crippen molar-refractivity contribution in [3.8, 4) is 0 Å². The van der Waals surface area contributed by atoms with Gasteiger partial charge in [-0.15, -0.1) is 0 Å². The van der Waals surface area contributed by atoms with Crippen molar-refractivity contribution in [3.63, 3.8) is 0 Å². The number of fused-ring (bicyclic) bond motifs is 1. The lowest BCUT2D eigenvalue weighted by molar-refractivity contribution is 0.321. The summed E-state index contributed by atoms with van der Waals surface area (Å²) in [5.74, 6) is 0.618. The molecule has 1 aliphatic heterocycles. The van der Waals surface area contributed by atoms with Gasteiger partial charge in [-0.3, -0.25) is 0 Å². The van der Waals surface area contributed by atoms with Crippen LogP contribution in [-0.4, -0.2) is 31.6 Å². The van der Waals surface area contributed by atoms with Gasteiger partial charge >= 0.3 is 0 Å². The molecule has 0 spiro atoms. The topological polar surface area (TPSA) is 15.3 Å². The van der Waals surface area contributed by atoms with Crippen molar-refractivity contribution in [2.45, 2.75) is 12.3 Å². The Bertz CT molecular complexity index is 550. The molecule has 2 aromatic carbocycles. The number of hydrogen-bond donors (Lipinski definition) is 1. The van der Waals surface area contributed by atoms with E-state index in [4.69, 9.17) is 0 Å². The van der Waals surface area contributed by atoms with Crippen LogP contribution in [0.3, 0.4) is 0 Å². The van der Waals surface area contributed by atoms with E-state index in [0.29, 0.717) is 5.92 Å². The van der Waals surface area contributed by atoms with Crippen molar-refractivity contribution in [2.24, 2.45) is 0 Å². The average Bonchev–Trinajstić information content (AvgIpc) is 2.90. The number of hydrogen-bond acceptors (Lipinski definition) is 2. The van der Waals surface area contributed by atoms with Crippen molar-refractivity contribution >= 4 is 5.69 Å². The highest BCUT2D eigenvalue weighted by Crippen LogP contribution is 2.31. The predicted octanol–water partition coefficient (Wildman–Crippen LogP) is 3.37. The monoisotopic (exact) mass is 266 g/mol. The van der Waals surface area contributed by atoms with E-state index in [2.05, 4.69) is 71.9 Å². The third-order valence-electron chi connectivity index (χ3n) is 4.10. The molecule has 3 rings (SSSR count). The van der Waals surface area contributed by atoms with Crippen LogP contribution < -0.4 is 5.32 Å². The van der Waals surface area contributed by atoms with Crippen molar-refractivity contribution < 1.29 is 0 Å². The molecule has 1 heterocycles. The molecule has 0 fully saturated rings. The van der Waals surface area contributed by atoms with Gasteiger partial charge in [-0.1, -0.05) is 48.5 Å². The van der Waals surface area contributed by atoms with Gasteiger partial charge < -0.3 is 10.2 Å². The fourth-order valence-corrected chi connectivity index (χ4v) is 2.95. The van der Waals surface area contributed by atoms with Gasteiger partial charge in [0.05, 0.1) is 0 Å². The summed E-state index contributed by atoms with van der Waals surface area (Å²) in [5, 5.41) is 3.50. The van der Waals surface area contributed by atoms with E-state index in [9.17, 15) is 0 Å². The molecule has 1 unspecified atom stereocenters. The molecule has 1 aliphatic rings. The molecule has 0 aromatic heterocycles. The Kier molecular flexibility index (Phi) is 4.03. The normalized spacial score (nSPS) is 17.0. The molecule has 2 nitrogen and oxygen atoms in total. The average molecular weight is 266 g/mol. The van der Waals surface area contributed by atoms with E-state index >= 15 is 0 Å². The zero-order valence-electron chi connectivity index (χ0n) is 12.0. The molecule has 0 bridgehead atoms. The minimum absolute atomic E-state index is 0.618. The number of anilines is 1. The summed E-state index contributed by atoms with van der Waals surface area (Å²) in [4.78, 5) is 2.45. The Morgan fingerprint density at radius 3 is 2.65 bits per heavy atom. The van der Waals surface area contributed by atoms with Gasteiger partial charge in [0.2, 0.25) is 0 Å². The Labute approximate surface area is 121 Å². The van der Waals surface area contributed by atoms with Gasteiger partial charge in [-0.05, 0) is 30.7 Å². The molecule has 0 aliphatic carbocycles. The standard InChI is InChI=1S/C18H22N2/c1-20(12-11-15-7-3-2-4-8-15)14-16-13-19-18-10-6-5-9-17(16)18/h2-10,16,19H,11-14H2,1H3. The lowest BCUT2D eigenvalue weighted by Gasteiger charge is -2.21. The second-order valence-electron chi connectivity index (χ2n) is 5.66. The summed E-state index contributed by atoms with van der Waals surface area (Å²) in [5.41, 5.74) is 4.21. The van der Waals surface area contributed by atoms with Gasteiger partial charge in [0.1, 0.15) is 0 Å². The highest BCUT2D eigenvalue weighted by atomic mass is 15.1. The Balaban J connectivity index is 1.54. The van der Waals surface area contributed by atoms with E-state index < -0.39 is 0 Å². The summed E-state index contributed by atoms with van der Waals surface area (Å²) < 4.78 is 0. The molecule has 0 saturated carbocycles. The molecular weight excluding hydrogens is 244 g/mol. The Hall–Kier alpha value is -1.80. The fourth-order valence-electron chi connectivity index (χ4n) is 2.95. The smallest absolute Gasteiger partial charge is 0.0376 e. The van der Waals surface area contributed by atoms with Crippen LogP contribution in [0.5, 0.6) is 0 Å². The Morgan fingerprint density at radius 2 is 1.80 bits per heavy atom. The second-order valence-corrected chi connectivity index (χ2v) is 5.66. The van der Waals surface area contributed by atoms with Gasteiger partial charge in [-0.25, -0.2) is 0 Å². The maximum atomic E-state index is 3.50. The van der Waals surface area contributed by atoms with E-state index in [1.165, 1.54) is 16.8 Å². The largest absolute Gasteiger partial charge is 0.384 e. The van der Waals surface area contributed by atoms with Crippen molar-refractivity contribution in [1.29, 1.82) is 0 Å². The van der Waals surface area contributed by atoms with E-state index in [1.807, 2.05) is 0 Å². The molecule has 0 amide bonds. The van der Waals surface area contributed by atoms with Crippen molar-refractivity contribution in [1.82, 2.24) is 4.90 Å².